The van der Waals surface area contributed by atoms with Crippen molar-refractivity contribution < 1.29 is 22.7 Å². The first kappa shape index (κ1) is 19.9. The van der Waals surface area contributed by atoms with E-state index in [0.29, 0.717) is 36.7 Å². The SMILES string of the molecule is O=C(Cc1ccccn1)N1CCOc2ccc(-c3ccc(C(F)(F)F)cc3)cc2C1. The van der Waals surface area contributed by atoms with Crippen LogP contribution in [0.2, 0.25) is 0 Å². The lowest BCUT2D eigenvalue weighted by Gasteiger charge is -2.20. The molecular weight excluding hydrogens is 393 g/mol. The maximum absolute atomic E-state index is 12.8. The molecule has 1 aliphatic rings. The zero-order valence-electron chi connectivity index (χ0n) is 16.0. The number of ether oxygens (including phenoxy) is 1. The van der Waals surface area contributed by atoms with Crippen molar-refractivity contribution in [1.82, 2.24) is 9.88 Å². The molecule has 0 spiro atoms. The fraction of sp³-hybridized carbons (Fsp3) is 0.217. The molecule has 1 amide bonds. The van der Waals surface area contributed by atoms with Crippen LogP contribution in [0, 0.1) is 0 Å². The molecule has 1 aliphatic heterocycles. The molecule has 2 aromatic carbocycles. The van der Waals surface area contributed by atoms with Crippen LogP contribution in [0.4, 0.5) is 13.2 Å². The third-order valence-corrected chi connectivity index (χ3v) is 5.00. The van der Waals surface area contributed by atoms with Crippen molar-refractivity contribution >= 4 is 5.91 Å². The molecule has 7 heteroatoms. The van der Waals surface area contributed by atoms with Gasteiger partial charge in [0, 0.05) is 24.0 Å². The Morgan fingerprint density at radius 3 is 2.50 bits per heavy atom. The van der Waals surface area contributed by atoms with Crippen LogP contribution in [-0.2, 0) is 23.9 Å². The molecule has 3 aromatic rings. The van der Waals surface area contributed by atoms with Gasteiger partial charge in [-0.3, -0.25) is 9.78 Å². The Labute approximate surface area is 171 Å². The number of hydrogen-bond acceptors (Lipinski definition) is 3. The number of carbonyl (C=O) groups excluding carboxylic acids is 1. The first-order valence-electron chi connectivity index (χ1n) is 9.51. The normalized spacial score (nSPS) is 13.9. The standard InChI is InChI=1S/C23H19F3N2O2/c24-23(25,26)19-7-4-16(5-8-19)17-6-9-21-18(13-17)15-28(11-12-30-21)22(29)14-20-3-1-2-10-27-20/h1-10,13H,11-12,14-15H2. The van der Waals surface area contributed by atoms with Gasteiger partial charge >= 0.3 is 6.18 Å². The second-order valence-electron chi connectivity index (χ2n) is 7.06. The zero-order valence-corrected chi connectivity index (χ0v) is 16.0. The van der Waals surface area contributed by atoms with Crippen molar-refractivity contribution in [1.29, 1.82) is 0 Å². The van der Waals surface area contributed by atoms with Gasteiger partial charge in [0.1, 0.15) is 12.4 Å². The smallest absolute Gasteiger partial charge is 0.416 e. The molecule has 0 saturated carbocycles. The largest absolute Gasteiger partial charge is 0.491 e. The Hall–Kier alpha value is -3.35. The predicted molar refractivity (Wildman–Crippen MR) is 106 cm³/mol. The van der Waals surface area contributed by atoms with Crippen molar-refractivity contribution in [2.24, 2.45) is 0 Å². The lowest BCUT2D eigenvalue weighted by Crippen LogP contribution is -2.33. The summed E-state index contributed by atoms with van der Waals surface area (Å²) in [5, 5.41) is 0. The number of aromatic nitrogens is 1. The molecule has 4 nitrogen and oxygen atoms in total. The average Bonchev–Trinajstić information content (AvgIpc) is 2.96. The second-order valence-corrected chi connectivity index (χ2v) is 7.06. The number of amides is 1. The highest BCUT2D eigenvalue weighted by atomic mass is 19.4. The molecule has 1 aromatic heterocycles. The molecule has 0 atom stereocenters. The predicted octanol–water partition coefficient (Wildman–Crippen LogP) is 4.73. The lowest BCUT2D eigenvalue weighted by atomic mass is 10.0. The number of nitrogens with zero attached hydrogens (tertiary/aromatic N) is 2. The quantitative estimate of drug-likeness (QED) is 0.625. The van der Waals surface area contributed by atoms with Crippen LogP contribution >= 0.6 is 0 Å². The van der Waals surface area contributed by atoms with Crippen LogP contribution in [0.25, 0.3) is 11.1 Å². The van der Waals surface area contributed by atoms with Crippen molar-refractivity contribution in [3.05, 3.63) is 83.7 Å². The van der Waals surface area contributed by atoms with Crippen molar-refractivity contribution in [2.45, 2.75) is 19.1 Å². The summed E-state index contributed by atoms with van der Waals surface area (Å²) in [7, 11) is 0. The molecule has 0 fully saturated rings. The van der Waals surface area contributed by atoms with Gasteiger partial charge in [-0.1, -0.05) is 24.3 Å². The second kappa shape index (κ2) is 8.18. The number of carbonyl (C=O) groups is 1. The van der Waals surface area contributed by atoms with Crippen LogP contribution in [0.3, 0.4) is 0 Å². The maximum Gasteiger partial charge on any atom is 0.416 e. The van der Waals surface area contributed by atoms with E-state index in [0.717, 1.165) is 23.3 Å². The molecule has 0 unspecified atom stereocenters. The average molecular weight is 412 g/mol. The fourth-order valence-corrected chi connectivity index (χ4v) is 3.41. The summed E-state index contributed by atoms with van der Waals surface area (Å²) in [6.07, 6.45) is -2.51. The summed E-state index contributed by atoms with van der Waals surface area (Å²) < 4.78 is 44.2. The fourth-order valence-electron chi connectivity index (χ4n) is 3.41. The summed E-state index contributed by atoms with van der Waals surface area (Å²) in [6, 6.07) is 16.0. The molecule has 4 rings (SSSR count). The third kappa shape index (κ3) is 4.45. The molecule has 154 valence electrons. The third-order valence-electron chi connectivity index (χ3n) is 5.00. The van der Waals surface area contributed by atoms with E-state index < -0.39 is 11.7 Å². The van der Waals surface area contributed by atoms with Crippen LogP contribution in [0.1, 0.15) is 16.8 Å². The highest BCUT2D eigenvalue weighted by molar-refractivity contribution is 5.78. The van der Waals surface area contributed by atoms with Crippen molar-refractivity contribution in [3.8, 4) is 16.9 Å². The van der Waals surface area contributed by atoms with Gasteiger partial charge in [-0.2, -0.15) is 13.2 Å². The summed E-state index contributed by atoms with van der Waals surface area (Å²) in [5.74, 6) is 0.629. The van der Waals surface area contributed by atoms with E-state index in [2.05, 4.69) is 4.98 Å². The molecule has 30 heavy (non-hydrogen) atoms. The highest BCUT2D eigenvalue weighted by Gasteiger charge is 2.30. The Morgan fingerprint density at radius 1 is 1.03 bits per heavy atom. The summed E-state index contributed by atoms with van der Waals surface area (Å²) >= 11 is 0. The van der Waals surface area contributed by atoms with Gasteiger partial charge in [0.2, 0.25) is 5.91 Å². The maximum atomic E-state index is 12.8. The molecule has 0 bridgehead atoms. The van der Waals surface area contributed by atoms with E-state index in [9.17, 15) is 18.0 Å². The van der Waals surface area contributed by atoms with Crippen LogP contribution < -0.4 is 4.74 Å². The number of pyridine rings is 1. The number of rotatable bonds is 3. The van der Waals surface area contributed by atoms with Gasteiger partial charge in [-0.05, 0) is 47.5 Å². The van der Waals surface area contributed by atoms with Crippen LogP contribution in [0.5, 0.6) is 5.75 Å². The Balaban J connectivity index is 1.55. The number of halogens is 3. The van der Waals surface area contributed by atoms with Gasteiger partial charge in [0.25, 0.3) is 0 Å². The monoisotopic (exact) mass is 412 g/mol. The number of benzene rings is 2. The first-order chi connectivity index (χ1) is 14.4. The summed E-state index contributed by atoms with van der Waals surface area (Å²) in [4.78, 5) is 18.7. The van der Waals surface area contributed by atoms with Crippen molar-refractivity contribution in [3.63, 3.8) is 0 Å². The van der Waals surface area contributed by atoms with Crippen LogP contribution in [0.15, 0.2) is 66.9 Å². The number of fused-ring (bicyclic) bond motifs is 1. The zero-order chi connectivity index (χ0) is 21.1. The summed E-state index contributed by atoms with van der Waals surface area (Å²) in [6.45, 7) is 1.20. The minimum Gasteiger partial charge on any atom is -0.491 e. The molecule has 0 aliphatic carbocycles. The molecular formula is C23H19F3N2O2. The van der Waals surface area contributed by atoms with Gasteiger partial charge < -0.3 is 9.64 Å². The molecule has 2 heterocycles. The lowest BCUT2D eigenvalue weighted by molar-refractivity contribution is -0.137. The van der Waals surface area contributed by atoms with Crippen molar-refractivity contribution in [2.75, 3.05) is 13.2 Å². The van der Waals surface area contributed by atoms with E-state index in [-0.39, 0.29) is 12.3 Å². The summed E-state index contributed by atoms with van der Waals surface area (Å²) in [5.41, 5.74) is 2.27. The van der Waals surface area contributed by atoms with Gasteiger partial charge in [0.05, 0.1) is 18.5 Å². The first-order valence-corrected chi connectivity index (χ1v) is 9.51. The van der Waals surface area contributed by atoms with Crippen LogP contribution in [-0.4, -0.2) is 28.9 Å². The van der Waals surface area contributed by atoms with Gasteiger partial charge in [-0.15, -0.1) is 0 Å². The van der Waals surface area contributed by atoms with Gasteiger partial charge in [-0.25, -0.2) is 0 Å². The minimum absolute atomic E-state index is 0.0508. The minimum atomic E-state index is -4.37. The Kier molecular flexibility index (Phi) is 5.44. The van der Waals surface area contributed by atoms with E-state index in [4.69, 9.17) is 4.74 Å². The number of alkyl halides is 3. The highest BCUT2D eigenvalue weighted by Crippen LogP contribution is 2.33. The van der Waals surface area contributed by atoms with E-state index in [1.807, 2.05) is 24.3 Å². The van der Waals surface area contributed by atoms with E-state index >= 15 is 0 Å². The van der Waals surface area contributed by atoms with E-state index in [1.165, 1.54) is 12.1 Å². The Bertz CT molecular complexity index is 1030. The molecule has 0 radical (unpaired) electrons. The van der Waals surface area contributed by atoms with E-state index in [1.54, 1.807) is 23.2 Å². The molecule has 0 saturated heterocycles. The Morgan fingerprint density at radius 2 is 1.80 bits per heavy atom. The topological polar surface area (TPSA) is 42.4 Å². The van der Waals surface area contributed by atoms with Gasteiger partial charge in [0.15, 0.2) is 0 Å². The number of hydrogen-bond donors (Lipinski definition) is 0. The molecule has 0 N–H and O–H groups in total.